The summed E-state index contributed by atoms with van der Waals surface area (Å²) >= 11 is 6.38. The van der Waals surface area contributed by atoms with E-state index in [1.165, 1.54) is 0 Å². The Morgan fingerprint density at radius 2 is 1.79 bits per heavy atom. The van der Waals surface area contributed by atoms with E-state index in [0.29, 0.717) is 27.9 Å². The third kappa shape index (κ3) is 3.96. The van der Waals surface area contributed by atoms with Crippen molar-refractivity contribution in [3.8, 4) is 17.1 Å². The third-order valence-electron chi connectivity index (χ3n) is 4.66. The van der Waals surface area contributed by atoms with Gasteiger partial charge in [0, 0.05) is 6.07 Å². The highest BCUT2D eigenvalue weighted by atomic mass is 35.5. The molecule has 29 heavy (non-hydrogen) atoms. The lowest BCUT2D eigenvalue weighted by molar-refractivity contribution is 0.0932. The zero-order valence-corrected chi connectivity index (χ0v) is 16.9. The van der Waals surface area contributed by atoms with Crippen LogP contribution in [0, 0.1) is 6.92 Å². The fraction of sp³-hybridized carbons (Fsp3) is 0.130. The van der Waals surface area contributed by atoms with Crippen LogP contribution in [0.3, 0.4) is 0 Å². The SMILES string of the molecule is Cc1ccc(-c2cc(C(=O)N[C@H](C)c3ccccc3)n(-c3ccccc3Cl)n2)o1. The monoisotopic (exact) mass is 405 g/mol. The maximum absolute atomic E-state index is 13.1. The number of hydrogen-bond acceptors (Lipinski definition) is 3. The maximum atomic E-state index is 13.1. The van der Waals surface area contributed by atoms with E-state index in [2.05, 4.69) is 10.4 Å². The molecule has 146 valence electrons. The van der Waals surface area contributed by atoms with Gasteiger partial charge >= 0.3 is 0 Å². The highest BCUT2D eigenvalue weighted by molar-refractivity contribution is 6.32. The first kappa shape index (κ1) is 19.0. The molecule has 0 spiro atoms. The standard InChI is InChI=1S/C23H20ClN3O2/c1-15-12-13-22(29-15)19-14-21(27(26-19)20-11-7-6-10-18(20)24)23(28)25-16(2)17-8-4-3-5-9-17/h3-14,16H,1-2H3,(H,25,28)/t16-/m1/s1. The number of nitrogens with one attached hydrogen (secondary N) is 1. The van der Waals surface area contributed by atoms with Crippen molar-refractivity contribution in [2.24, 2.45) is 0 Å². The van der Waals surface area contributed by atoms with E-state index in [-0.39, 0.29) is 11.9 Å². The van der Waals surface area contributed by atoms with E-state index in [0.717, 1.165) is 11.3 Å². The van der Waals surface area contributed by atoms with E-state index in [4.69, 9.17) is 16.0 Å². The van der Waals surface area contributed by atoms with Gasteiger partial charge in [0.2, 0.25) is 0 Å². The van der Waals surface area contributed by atoms with Gasteiger partial charge in [0.25, 0.3) is 5.91 Å². The third-order valence-corrected chi connectivity index (χ3v) is 4.98. The molecular formula is C23H20ClN3O2. The summed E-state index contributed by atoms with van der Waals surface area (Å²) in [5.41, 5.74) is 2.59. The number of halogens is 1. The van der Waals surface area contributed by atoms with Crippen LogP contribution in [0.2, 0.25) is 5.02 Å². The van der Waals surface area contributed by atoms with E-state index in [9.17, 15) is 4.79 Å². The van der Waals surface area contributed by atoms with Crippen LogP contribution in [-0.4, -0.2) is 15.7 Å². The van der Waals surface area contributed by atoms with Crippen LogP contribution in [0.15, 0.2) is 77.2 Å². The Labute approximate surface area is 173 Å². The second-order valence-corrected chi connectivity index (χ2v) is 7.20. The van der Waals surface area contributed by atoms with Crippen molar-refractivity contribution in [1.29, 1.82) is 0 Å². The molecule has 5 nitrogen and oxygen atoms in total. The summed E-state index contributed by atoms with van der Waals surface area (Å²) in [5.74, 6) is 1.12. The molecule has 0 aliphatic rings. The van der Waals surface area contributed by atoms with E-state index in [1.54, 1.807) is 16.8 Å². The molecule has 0 aliphatic carbocycles. The van der Waals surface area contributed by atoms with Gasteiger partial charge in [0.1, 0.15) is 17.1 Å². The van der Waals surface area contributed by atoms with Crippen LogP contribution >= 0.6 is 11.6 Å². The molecule has 2 aromatic heterocycles. The molecule has 2 heterocycles. The Morgan fingerprint density at radius 3 is 2.48 bits per heavy atom. The van der Waals surface area contributed by atoms with Gasteiger partial charge in [-0.1, -0.05) is 54.1 Å². The number of carbonyl (C=O) groups is 1. The largest absolute Gasteiger partial charge is 0.460 e. The Balaban J connectivity index is 1.73. The first-order valence-electron chi connectivity index (χ1n) is 9.30. The van der Waals surface area contributed by atoms with Crippen LogP contribution in [0.1, 0.15) is 34.8 Å². The fourth-order valence-electron chi connectivity index (χ4n) is 3.14. The predicted octanol–water partition coefficient (Wildman–Crippen LogP) is 5.59. The van der Waals surface area contributed by atoms with Crippen molar-refractivity contribution < 1.29 is 9.21 Å². The summed E-state index contributed by atoms with van der Waals surface area (Å²) in [6, 6.07) is 22.3. The highest BCUT2D eigenvalue weighted by Gasteiger charge is 2.21. The molecule has 0 unspecified atom stereocenters. The summed E-state index contributed by atoms with van der Waals surface area (Å²) in [4.78, 5) is 13.1. The topological polar surface area (TPSA) is 60.1 Å². The number of amides is 1. The smallest absolute Gasteiger partial charge is 0.270 e. The number of aromatic nitrogens is 2. The van der Waals surface area contributed by atoms with Crippen molar-refractivity contribution in [2.75, 3.05) is 0 Å². The highest BCUT2D eigenvalue weighted by Crippen LogP contribution is 2.27. The van der Waals surface area contributed by atoms with Crippen LogP contribution in [0.5, 0.6) is 0 Å². The van der Waals surface area contributed by atoms with Crippen molar-refractivity contribution in [3.05, 3.63) is 94.8 Å². The molecule has 0 aliphatic heterocycles. The van der Waals surface area contributed by atoms with Crippen LogP contribution in [0.4, 0.5) is 0 Å². The maximum Gasteiger partial charge on any atom is 0.270 e. The van der Waals surface area contributed by atoms with Gasteiger partial charge in [-0.15, -0.1) is 0 Å². The average Bonchev–Trinajstić information content (AvgIpc) is 3.35. The number of benzene rings is 2. The van der Waals surface area contributed by atoms with Gasteiger partial charge in [-0.3, -0.25) is 4.79 Å². The zero-order valence-electron chi connectivity index (χ0n) is 16.1. The van der Waals surface area contributed by atoms with Crippen LogP contribution < -0.4 is 5.32 Å². The summed E-state index contributed by atoms with van der Waals surface area (Å²) in [6.07, 6.45) is 0. The average molecular weight is 406 g/mol. The summed E-state index contributed by atoms with van der Waals surface area (Å²) in [5, 5.41) is 8.14. The minimum absolute atomic E-state index is 0.160. The molecule has 2 aromatic carbocycles. The molecule has 0 fully saturated rings. The van der Waals surface area contributed by atoms with Crippen molar-refractivity contribution in [3.63, 3.8) is 0 Å². The number of hydrogen-bond donors (Lipinski definition) is 1. The molecule has 4 aromatic rings. The van der Waals surface area contributed by atoms with E-state index < -0.39 is 0 Å². The molecule has 4 rings (SSSR count). The predicted molar refractivity (Wildman–Crippen MR) is 113 cm³/mol. The van der Waals surface area contributed by atoms with Gasteiger partial charge in [0.15, 0.2) is 5.76 Å². The minimum Gasteiger partial charge on any atom is -0.460 e. The number of rotatable bonds is 5. The van der Waals surface area contributed by atoms with Gasteiger partial charge in [-0.2, -0.15) is 5.10 Å². The molecule has 1 atom stereocenters. The van der Waals surface area contributed by atoms with Gasteiger partial charge in [-0.25, -0.2) is 4.68 Å². The number of aryl methyl sites for hydroxylation is 1. The molecule has 0 saturated carbocycles. The molecular weight excluding hydrogens is 386 g/mol. The molecule has 1 amide bonds. The minimum atomic E-state index is -0.247. The molecule has 0 saturated heterocycles. The lowest BCUT2D eigenvalue weighted by Crippen LogP contribution is -2.28. The summed E-state index contributed by atoms with van der Waals surface area (Å²) in [6.45, 7) is 3.81. The summed E-state index contributed by atoms with van der Waals surface area (Å²) in [7, 11) is 0. The first-order chi connectivity index (χ1) is 14.0. The molecule has 0 bridgehead atoms. The number of para-hydroxylation sites is 1. The van der Waals surface area contributed by atoms with Crippen molar-refractivity contribution >= 4 is 17.5 Å². The van der Waals surface area contributed by atoms with Gasteiger partial charge in [-0.05, 0) is 43.7 Å². The molecule has 6 heteroatoms. The lowest BCUT2D eigenvalue weighted by atomic mass is 10.1. The van der Waals surface area contributed by atoms with E-state index >= 15 is 0 Å². The van der Waals surface area contributed by atoms with E-state index in [1.807, 2.05) is 74.5 Å². The van der Waals surface area contributed by atoms with Crippen LogP contribution in [0.25, 0.3) is 17.1 Å². The van der Waals surface area contributed by atoms with Gasteiger partial charge in [0.05, 0.1) is 16.8 Å². The molecule has 0 radical (unpaired) electrons. The normalized spacial score (nSPS) is 12.0. The van der Waals surface area contributed by atoms with Crippen LogP contribution in [-0.2, 0) is 0 Å². The second kappa shape index (κ2) is 7.97. The van der Waals surface area contributed by atoms with Crippen molar-refractivity contribution in [2.45, 2.75) is 19.9 Å². The quantitative estimate of drug-likeness (QED) is 0.471. The number of furan rings is 1. The number of carbonyl (C=O) groups excluding carboxylic acids is 1. The summed E-state index contributed by atoms with van der Waals surface area (Å²) < 4.78 is 7.25. The van der Waals surface area contributed by atoms with Crippen molar-refractivity contribution in [1.82, 2.24) is 15.1 Å². The zero-order chi connectivity index (χ0) is 20.4. The second-order valence-electron chi connectivity index (χ2n) is 6.79. The lowest BCUT2D eigenvalue weighted by Gasteiger charge is -2.15. The first-order valence-corrected chi connectivity index (χ1v) is 9.68. The fourth-order valence-corrected chi connectivity index (χ4v) is 3.35. The Hall–Kier alpha value is -3.31. The Morgan fingerprint density at radius 1 is 1.07 bits per heavy atom. The number of nitrogens with zero attached hydrogens (tertiary/aromatic N) is 2. The Bertz CT molecular complexity index is 1150. The van der Waals surface area contributed by atoms with Gasteiger partial charge < -0.3 is 9.73 Å². The molecule has 1 N–H and O–H groups in total. The Kier molecular flexibility index (Phi) is 5.23.